The number of halogens is 2. The first-order valence-electron chi connectivity index (χ1n) is 64.5. The number of benzene rings is 2. The van der Waals surface area contributed by atoms with Gasteiger partial charge in [0.15, 0.2) is 17.4 Å². The average molecular weight is 1190 g/mol. The summed E-state index contributed by atoms with van der Waals surface area (Å²) >= 11 is 0. The Morgan fingerprint density at radius 3 is 1.72 bits per heavy atom. The predicted octanol–water partition coefficient (Wildman–Crippen LogP) is 22.5. The number of hydrogen-bond acceptors (Lipinski definition) is 8. The molecule has 6 aromatic rings. The number of Topliss-reactive ketones (excluding diaryl/α,β-unsaturated/α-hetero) is 1. The maximum absolute atomic E-state index is 15.1. The lowest BCUT2D eigenvalue weighted by molar-refractivity contribution is -0.121. The highest BCUT2D eigenvalue weighted by atomic mass is 19.1. The number of aliphatic hydroxyl groups excluding tert-OH is 1. The van der Waals surface area contributed by atoms with Crippen molar-refractivity contribution in [3.8, 4) is 45.3 Å². The van der Waals surface area contributed by atoms with E-state index in [0.717, 1.165) is 102 Å². The molecule has 2 aromatic carbocycles. The number of hydrogen-bond donors (Lipinski definition) is 1. The van der Waals surface area contributed by atoms with Crippen LogP contribution in [0.5, 0.6) is 0 Å². The lowest BCUT2D eigenvalue weighted by atomic mass is 9.57. The lowest BCUT2D eigenvalue weighted by Gasteiger charge is -2.48. The smallest absolute Gasteiger partial charge is 0.226 e. The fourth-order valence-corrected chi connectivity index (χ4v) is 13.1. The Bertz CT molecular complexity index is 3500. The van der Waals surface area contributed by atoms with Gasteiger partial charge in [-0.2, -0.15) is 0 Å². The molecule has 4 aromatic heterocycles. The molecular weight excluding hydrogens is 891 g/mol. The normalized spacial score (nSPS) is 29.0. The van der Waals surface area contributed by atoms with Crippen molar-refractivity contribution in [3.05, 3.63) is 176 Å². The number of nitrogens with zero attached hydrogens (tertiary/aromatic N) is 8. The third-order valence-corrected chi connectivity index (χ3v) is 16.6. The molecule has 6 aliphatic rings. The van der Waals surface area contributed by atoms with E-state index in [-0.39, 0.29) is 60.0 Å². The molecule has 71 heavy (non-hydrogen) atoms. The molecule has 0 fully saturated rings. The second kappa shape index (κ2) is 18.1. The van der Waals surface area contributed by atoms with E-state index in [1.807, 2.05) is 50.4 Å². The van der Waals surface area contributed by atoms with Crippen LogP contribution in [0.15, 0.2) is 96.3 Å². The monoisotopic (exact) mass is 1190 g/mol. The van der Waals surface area contributed by atoms with Crippen molar-refractivity contribution in [1.29, 1.82) is 0 Å². The molecule has 6 aliphatic carbocycles. The van der Waals surface area contributed by atoms with Crippen LogP contribution < -0.4 is 0 Å². The van der Waals surface area contributed by atoms with Crippen molar-refractivity contribution >= 4 is 5.78 Å². The van der Waals surface area contributed by atoms with E-state index in [1.54, 1.807) is 30.5 Å². The molecule has 0 radical (unpaired) electrons. The van der Waals surface area contributed by atoms with E-state index < -0.39 is 10.8 Å². The summed E-state index contributed by atoms with van der Waals surface area (Å²) in [5.41, 5.74) is 11.7. The van der Waals surface area contributed by atoms with Gasteiger partial charge in [0.05, 0.1) is 41.7 Å². The van der Waals surface area contributed by atoms with Crippen LogP contribution in [0.3, 0.4) is 0 Å². The van der Waals surface area contributed by atoms with Gasteiger partial charge in [0.1, 0.15) is 11.6 Å². The largest absolute Gasteiger partial charge is 0.523 e. The molecule has 0 saturated carbocycles. The van der Waals surface area contributed by atoms with E-state index in [9.17, 15) is 9.90 Å². The Kier molecular flexibility index (Phi) is 5.04. The molecule has 6 atom stereocenters. The maximum atomic E-state index is 15.1. The molecule has 0 spiro atoms. The fraction of sp³-hybridized carbons (Fsp3) is 0.373. The van der Waals surface area contributed by atoms with Gasteiger partial charge in [0.25, 0.3) is 0 Å². The molecule has 1 N–H and O–H groups in total. The Labute approximate surface area is 537 Å². The molecule has 0 amide bonds. The number of aromatic nitrogens is 6. The van der Waals surface area contributed by atoms with E-state index in [4.69, 9.17) is 152 Å². The van der Waals surface area contributed by atoms with Gasteiger partial charge in [-0.25, -0.2) is 38.4 Å². The number of fused-ring (bicyclic) bond motifs is 8. The number of aryl methyl sites for hydroxylation is 2. The molecule has 0 bridgehead atoms. The highest BCUT2D eigenvalue weighted by molar-refractivity contribution is 6.00. The minimum atomic E-state index is -0.616. The van der Waals surface area contributed by atoms with Crippen LogP contribution >= 0.6 is 0 Å². The SMILES string of the molecule is C.[3H][3H].[3H][3H].[3H][3H].[3H][3H].[3H][3H].[3H][3H].[3H][3H].[3H][3H].[3H][3H].[3H][3H].[3H][3H].[3H][3H].[3H][3H].[3H][3H].[3H][3H].[3H][3H].[3H][3H].[3H][3H].[3H][3H].[3H][3H].[3H][3H].[3H][3H].[3H][3H].[3H][3H].[3H][3H].[3H][3H].[3H][3H].[3H][3H].[3H][3H].[3H][3H].[3H][3H].[3H][3H].[3H][3H].[3H][3H].[3H][3H].[3H][3H].[3H][3H].[3H][3H].[3H][3H].[3H][3H].[C-]#[N+]C1=C(O)[C@H](C)[C@H]2CCc3c(-c4ccccc4F)nc(-c4ccnc5c4CCC5)nc3[C@]2(C)C1.[C-]#[N+]C1=C[C@@]2(C)c3nc(-c4ccnc5c4CCC5)nc(-c4ccccc4F)c3CC[C@@H]2[C@@H](C)C1=O. The van der Waals surface area contributed by atoms with Crippen LogP contribution in [0, 0.1) is 48.5 Å². The maximum Gasteiger partial charge on any atom is 0.226 e. The predicted molar refractivity (Wildman–Crippen MR) is 354 cm³/mol. The average Bonchev–Trinajstić information content (AvgIpc) is 0.782. The van der Waals surface area contributed by atoms with Crippen molar-refractivity contribution in [2.24, 2.45) is 23.7 Å². The van der Waals surface area contributed by atoms with Crippen LogP contribution in [0.2, 0.25) is 0 Å². The Balaban J connectivity index is -0.0000000396. The van der Waals surface area contributed by atoms with Crippen LogP contribution in [0.4, 0.5) is 8.78 Å². The molecule has 10 nitrogen and oxygen atoms in total. The van der Waals surface area contributed by atoms with E-state index >= 15 is 8.78 Å². The summed E-state index contributed by atoms with van der Waals surface area (Å²) in [4.78, 5) is 49.5. The summed E-state index contributed by atoms with van der Waals surface area (Å²) in [5, 5.41) is 10.7. The Hall–Kier alpha value is -7.31. The first kappa shape index (κ1) is 19.7. The second-order valence-corrected chi connectivity index (χ2v) is 20.4. The number of allylic oxidation sites excluding steroid dienone is 4. The quantitative estimate of drug-likeness (QED) is 0.173. The summed E-state index contributed by atoms with van der Waals surface area (Å²) in [6.07, 6.45) is 14.6. The number of carbonyl (C=O) groups is 1. The van der Waals surface area contributed by atoms with Gasteiger partial charge in [0.2, 0.25) is 11.4 Å². The number of pyridine rings is 2. The zero-order valence-electron chi connectivity index (χ0n) is 120. The first-order chi connectivity index (χ1) is 73.8. The highest BCUT2D eigenvalue weighted by Crippen LogP contribution is 2.55. The van der Waals surface area contributed by atoms with Crippen LogP contribution in [-0.4, -0.2) is 40.8 Å². The van der Waals surface area contributed by atoms with E-state index in [2.05, 4.69) is 33.5 Å². The lowest BCUT2D eigenvalue weighted by Crippen LogP contribution is -2.46. The molecule has 12 heteroatoms. The van der Waals surface area contributed by atoms with Gasteiger partial charge in [-0.3, -0.25) is 9.97 Å². The number of ketones is 1. The van der Waals surface area contributed by atoms with Crippen molar-refractivity contribution in [2.75, 3.05) is 0 Å². The molecule has 438 valence electrons. The van der Waals surface area contributed by atoms with Crippen molar-refractivity contribution in [1.82, 2.24) is 29.9 Å². The van der Waals surface area contributed by atoms with Gasteiger partial charge in [-0.05, 0) is 130 Å². The summed E-state index contributed by atoms with van der Waals surface area (Å²) in [7, 11) is 0. The van der Waals surface area contributed by atoms with Gasteiger partial charge in [-0.15, -0.1) is 0 Å². The van der Waals surface area contributed by atoms with Crippen LogP contribution in [0.1, 0.15) is 231 Å². The zero-order chi connectivity index (χ0) is 129. The van der Waals surface area contributed by atoms with Gasteiger partial charge >= 0.3 is 0 Å². The highest BCUT2D eigenvalue weighted by Gasteiger charge is 2.52. The van der Waals surface area contributed by atoms with Crippen LogP contribution in [0.25, 0.3) is 55.0 Å². The summed E-state index contributed by atoms with van der Waals surface area (Å²) in [6, 6.07) is 17.4. The molecular formula is C59H136F2N8O2. The number of carbonyl (C=O) groups excluding carboxylic acids is 1. The fourth-order valence-electron chi connectivity index (χ4n) is 13.1. The molecule has 0 saturated heterocycles. The molecule has 12 rings (SSSR count). The third-order valence-electron chi connectivity index (χ3n) is 16.6. The summed E-state index contributed by atoms with van der Waals surface area (Å²) in [6.45, 7) is 23.4. The van der Waals surface area contributed by atoms with Crippen molar-refractivity contribution in [3.63, 3.8) is 0 Å². The van der Waals surface area contributed by atoms with Gasteiger partial charge < -0.3 is 9.90 Å². The summed E-state index contributed by atoms with van der Waals surface area (Å²) < 4.78 is 430. The Morgan fingerprint density at radius 1 is 0.662 bits per heavy atom. The molecule has 0 aliphatic heterocycles. The second-order valence-electron chi connectivity index (χ2n) is 20.4. The van der Waals surface area contributed by atoms with Crippen molar-refractivity contribution in [2.45, 2.75) is 117 Å². The summed E-state index contributed by atoms with van der Waals surface area (Å²) in [5.74, 6) is 0.399. The van der Waals surface area contributed by atoms with Crippen molar-refractivity contribution < 1.29 is 137 Å². The topological polar surface area (TPSA) is 123 Å². The van der Waals surface area contributed by atoms with Crippen LogP contribution in [-0.2, 0) is 54.1 Å². The minimum Gasteiger partial charge on any atom is -0.523 e. The minimum absolute atomic E-state index is 0. The zero-order valence-corrected chi connectivity index (χ0v) is 39.8. The number of aliphatic hydroxyl groups is 1. The number of rotatable bonds is 4. The third kappa shape index (κ3) is 7.57. The molecule has 4 heterocycles. The molecule has 0 unspecified atom stereocenters. The first-order valence-corrected chi connectivity index (χ1v) is 24.5. The standard InChI is InChI=1S/C29H27FN4O.C29H25FN4O.CH4.40H2/c2*1-16-21-12-11-20-25(19-7-4-5-9-22(19)30)33-28(18-13-14-32-23-10-6-8-17(18)23)34-27(20)29(21,2)15-24(31-3)26(16)35;;;;;;;;;;;;;;;;;;;;;;;;;;;;;;;;;;;;;;;;;/h4-5,7,9,13-14,16,21,35H,6,8,10-12,15H2,1-2H3;4-5,7,9,13-16,21H,6,8,10-12H2,1-2H3;1H4;40*1H/t2*16-,21-,29-;;;;;;;;;;;;;;;;;;;;;;;;;;;;;;;;;;;;;;;;;/m11........................................./s1/i;;;40*1+2T. The van der Waals surface area contributed by atoms with Gasteiger partial charge in [-0.1, -0.05) is 65.5 Å². The van der Waals surface area contributed by atoms with Gasteiger partial charge in [0, 0.05) is 199 Å². The Morgan fingerprint density at radius 2 is 1.18 bits per heavy atom. The van der Waals surface area contributed by atoms with E-state index in [1.165, 1.54) is 17.7 Å². The van der Waals surface area contributed by atoms with E-state index in [0.29, 0.717) is 59.1 Å².